The van der Waals surface area contributed by atoms with E-state index in [0.717, 1.165) is 0 Å². The number of aromatic nitrogens is 1. The van der Waals surface area contributed by atoms with Crippen molar-refractivity contribution in [1.82, 2.24) is 10.3 Å². The molecule has 102 valence electrons. The molecule has 4 nitrogen and oxygen atoms in total. The second-order valence-corrected chi connectivity index (χ2v) is 4.93. The van der Waals surface area contributed by atoms with E-state index in [4.69, 9.17) is 5.73 Å². The Bertz CT molecular complexity index is 403. The maximum atomic E-state index is 12.6. The molecule has 3 N–H and O–H groups in total. The van der Waals surface area contributed by atoms with Gasteiger partial charge in [-0.3, -0.25) is 4.79 Å². The van der Waals surface area contributed by atoms with Crippen molar-refractivity contribution in [3.63, 3.8) is 0 Å². The number of hydrogen-bond acceptors (Lipinski definition) is 4. The number of nitrogens with two attached hydrogens (primary N) is 1. The van der Waals surface area contributed by atoms with Crippen LogP contribution in [0.2, 0.25) is 0 Å². The fourth-order valence-corrected chi connectivity index (χ4v) is 1.95. The van der Waals surface area contributed by atoms with Crippen LogP contribution in [0.1, 0.15) is 31.3 Å². The van der Waals surface area contributed by atoms with Gasteiger partial charge in [0.2, 0.25) is 5.91 Å². The summed E-state index contributed by atoms with van der Waals surface area (Å²) in [6, 6.07) is -0.553. The minimum Gasteiger partial charge on any atom is -0.345 e. The average Bonchev–Trinajstić information content (AvgIpc) is 2.76. The molecule has 1 aromatic heterocycles. The molecule has 8 heteroatoms. The third-order valence-corrected chi connectivity index (χ3v) is 3.41. The van der Waals surface area contributed by atoms with Crippen LogP contribution in [0.3, 0.4) is 0 Å². The molecular weight excluding hydrogens is 267 g/mol. The first-order valence-electron chi connectivity index (χ1n) is 5.26. The van der Waals surface area contributed by atoms with E-state index in [2.05, 4.69) is 10.3 Å². The molecule has 0 fully saturated rings. The van der Waals surface area contributed by atoms with Gasteiger partial charge in [0.1, 0.15) is 5.01 Å². The minimum atomic E-state index is -4.79. The van der Waals surface area contributed by atoms with Crippen LogP contribution in [0.25, 0.3) is 0 Å². The number of halogens is 3. The van der Waals surface area contributed by atoms with Crippen LogP contribution >= 0.6 is 11.3 Å². The molecule has 1 amide bonds. The first kappa shape index (κ1) is 14.9. The maximum absolute atomic E-state index is 12.6. The van der Waals surface area contributed by atoms with Crippen LogP contribution in [0.15, 0.2) is 11.6 Å². The van der Waals surface area contributed by atoms with Gasteiger partial charge in [-0.05, 0) is 13.3 Å². The molecule has 2 unspecified atom stereocenters. The number of alkyl halides is 3. The summed E-state index contributed by atoms with van der Waals surface area (Å²) in [5.41, 5.74) is 2.13. The third kappa shape index (κ3) is 2.99. The van der Waals surface area contributed by atoms with Gasteiger partial charge in [-0.2, -0.15) is 13.2 Å². The SMILES string of the molecule is CCC(NC(=O)C(C)(N)C(F)(F)F)c1nccs1. The second kappa shape index (κ2) is 5.23. The summed E-state index contributed by atoms with van der Waals surface area (Å²) in [6.07, 6.45) is -2.83. The van der Waals surface area contributed by atoms with Gasteiger partial charge in [-0.25, -0.2) is 4.98 Å². The van der Waals surface area contributed by atoms with E-state index in [-0.39, 0.29) is 0 Å². The van der Waals surface area contributed by atoms with E-state index < -0.39 is 23.7 Å². The van der Waals surface area contributed by atoms with Gasteiger partial charge in [0.25, 0.3) is 0 Å². The monoisotopic (exact) mass is 281 g/mol. The number of hydrogen-bond donors (Lipinski definition) is 2. The van der Waals surface area contributed by atoms with Crippen molar-refractivity contribution < 1.29 is 18.0 Å². The lowest BCUT2D eigenvalue weighted by molar-refractivity contribution is -0.187. The normalized spacial score (nSPS) is 17.0. The standard InChI is InChI=1S/C10H14F3N3OS/c1-3-6(7-15-4-5-18-7)16-8(17)9(2,14)10(11,12)13/h4-6H,3,14H2,1-2H3,(H,16,17). The number of amides is 1. The Kier molecular flexibility index (Phi) is 4.33. The number of carbonyl (C=O) groups is 1. The van der Waals surface area contributed by atoms with Crippen molar-refractivity contribution in [3.8, 4) is 0 Å². The molecule has 1 heterocycles. The lowest BCUT2D eigenvalue weighted by Crippen LogP contribution is -2.61. The van der Waals surface area contributed by atoms with Gasteiger partial charge in [0, 0.05) is 11.6 Å². The van der Waals surface area contributed by atoms with Crippen molar-refractivity contribution in [2.45, 2.75) is 38.0 Å². The number of nitrogens with zero attached hydrogens (tertiary/aromatic N) is 1. The van der Waals surface area contributed by atoms with Crippen molar-refractivity contribution >= 4 is 17.2 Å². The molecule has 0 radical (unpaired) electrons. The van der Waals surface area contributed by atoms with Gasteiger partial charge in [0.05, 0.1) is 6.04 Å². The van der Waals surface area contributed by atoms with Crippen LogP contribution in [0.5, 0.6) is 0 Å². The molecule has 0 saturated carbocycles. The lowest BCUT2D eigenvalue weighted by atomic mass is 10.0. The van der Waals surface area contributed by atoms with E-state index >= 15 is 0 Å². The number of thiazole rings is 1. The summed E-state index contributed by atoms with van der Waals surface area (Å²) in [7, 11) is 0. The first-order valence-corrected chi connectivity index (χ1v) is 6.14. The summed E-state index contributed by atoms with van der Waals surface area (Å²) in [4.78, 5) is 15.6. The molecule has 1 aromatic rings. The second-order valence-electron chi connectivity index (χ2n) is 4.00. The molecule has 2 atom stereocenters. The Morgan fingerprint density at radius 3 is 2.61 bits per heavy atom. The summed E-state index contributed by atoms with van der Waals surface area (Å²) in [5, 5.41) is 4.53. The average molecular weight is 281 g/mol. The van der Waals surface area contributed by atoms with Crippen LogP contribution in [0, 0.1) is 0 Å². The van der Waals surface area contributed by atoms with Gasteiger partial charge in [-0.15, -0.1) is 11.3 Å². The summed E-state index contributed by atoms with van der Waals surface area (Å²) in [5.74, 6) is -1.25. The smallest absolute Gasteiger partial charge is 0.345 e. The molecule has 0 aromatic carbocycles. The topological polar surface area (TPSA) is 68.0 Å². The Balaban J connectivity index is 2.81. The number of carbonyl (C=O) groups excluding carboxylic acids is 1. The molecule has 1 rings (SSSR count). The molecule has 18 heavy (non-hydrogen) atoms. The minimum absolute atomic E-state index is 0.438. The van der Waals surface area contributed by atoms with Crippen molar-refractivity contribution in [2.75, 3.05) is 0 Å². The summed E-state index contributed by atoms with van der Waals surface area (Å²) >= 11 is 1.27. The van der Waals surface area contributed by atoms with Crippen molar-refractivity contribution in [1.29, 1.82) is 0 Å². The van der Waals surface area contributed by atoms with Gasteiger partial charge < -0.3 is 11.1 Å². The quantitative estimate of drug-likeness (QED) is 0.887. The third-order valence-electron chi connectivity index (χ3n) is 2.52. The zero-order chi connectivity index (χ0) is 14.0. The highest BCUT2D eigenvalue weighted by atomic mass is 32.1. The molecule has 0 aliphatic carbocycles. The molecule has 0 bridgehead atoms. The van der Waals surface area contributed by atoms with Crippen molar-refractivity contribution in [2.24, 2.45) is 5.73 Å². The van der Waals surface area contributed by atoms with Crippen LogP contribution in [-0.4, -0.2) is 22.6 Å². The molecule has 0 aliphatic heterocycles. The first-order chi connectivity index (χ1) is 8.20. The Morgan fingerprint density at radius 2 is 2.22 bits per heavy atom. The predicted molar refractivity (Wildman–Crippen MR) is 61.9 cm³/mol. The number of rotatable bonds is 4. The highest BCUT2D eigenvalue weighted by Crippen LogP contribution is 2.29. The fourth-order valence-electron chi connectivity index (χ4n) is 1.18. The van der Waals surface area contributed by atoms with E-state index in [0.29, 0.717) is 18.4 Å². The van der Waals surface area contributed by atoms with Gasteiger partial charge in [-0.1, -0.05) is 6.92 Å². The fraction of sp³-hybridized carbons (Fsp3) is 0.600. The molecule has 0 aliphatic rings. The highest BCUT2D eigenvalue weighted by Gasteiger charge is 2.54. The molecule has 0 spiro atoms. The molecule has 0 saturated heterocycles. The Labute approximate surface area is 106 Å². The van der Waals surface area contributed by atoms with Gasteiger partial charge >= 0.3 is 6.18 Å². The largest absolute Gasteiger partial charge is 0.415 e. The summed E-state index contributed by atoms with van der Waals surface area (Å²) in [6.45, 7) is 2.39. The van der Waals surface area contributed by atoms with E-state index in [1.807, 2.05) is 0 Å². The van der Waals surface area contributed by atoms with Crippen molar-refractivity contribution in [3.05, 3.63) is 16.6 Å². The maximum Gasteiger partial charge on any atom is 0.415 e. The highest BCUT2D eigenvalue weighted by molar-refractivity contribution is 7.09. The predicted octanol–water partition coefficient (Wildman–Crippen LogP) is 1.99. The van der Waals surface area contributed by atoms with Gasteiger partial charge in [0.15, 0.2) is 5.54 Å². The van der Waals surface area contributed by atoms with Crippen LogP contribution < -0.4 is 11.1 Å². The lowest BCUT2D eigenvalue weighted by Gasteiger charge is -2.28. The summed E-state index contributed by atoms with van der Waals surface area (Å²) < 4.78 is 37.7. The van der Waals surface area contributed by atoms with E-state index in [9.17, 15) is 18.0 Å². The van der Waals surface area contributed by atoms with E-state index in [1.54, 1.807) is 12.3 Å². The zero-order valence-electron chi connectivity index (χ0n) is 9.91. The van der Waals surface area contributed by atoms with E-state index in [1.165, 1.54) is 17.5 Å². The molecular formula is C10H14F3N3OS. The Hall–Kier alpha value is -1.15. The number of nitrogens with one attached hydrogen (secondary N) is 1. The van der Waals surface area contributed by atoms with Crippen LogP contribution in [-0.2, 0) is 4.79 Å². The Morgan fingerprint density at radius 1 is 1.61 bits per heavy atom. The zero-order valence-corrected chi connectivity index (χ0v) is 10.7. The van der Waals surface area contributed by atoms with Crippen LogP contribution in [0.4, 0.5) is 13.2 Å².